The lowest BCUT2D eigenvalue weighted by molar-refractivity contribution is -0.122. The molecule has 0 spiro atoms. The Bertz CT molecular complexity index is 218. The van der Waals surface area contributed by atoms with E-state index >= 15 is 0 Å². The average Bonchev–Trinajstić information content (AvgIpc) is 2.16. The molecule has 0 atom stereocenters. The van der Waals surface area contributed by atoms with Crippen molar-refractivity contribution in [1.82, 2.24) is 10.6 Å². The fraction of sp³-hybridized carbons (Fsp3) is 0.917. The number of hydrogen-bond donors (Lipinski definition) is 2. The number of hydrogen-bond acceptors (Lipinski definition) is 3. The molecule has 1 rings (SSSR count). The van der Waals surface area contributed by atoms with Crippen molar-refractivity contribution in [3.63, 3.8) is 0 Å². The second-order valence-corrected chi connectivity index (χ2v) is 5.39. The standard InChI is InChI=1S/C12H24N2O2/c1-12(2,3)14-11(15)4-7-13-10-5-8-16-9-6-10/h10,13H,4-9H2,1-3H3,(H,14,15). The van der Waals surface area contributed by atoms with Crippen LogP contribution in [-0.4, -0.2) is 37.2 Å². The molecular weight excluding hydrogens is 204 g/mol. The van der Waals surface area contributed by atoms with Gasteiger partial charge in [-0.15, -0.1) is 0 Å². The number of nitrogens with one attached hydrogen (secondary N) is 2. The maximum atomic E-state index is 11.5. The Morgan fingerprint density at radius 2 is 1.94 bits per heavy atom. The van der Waals surface area contributed by atoms with Crippen LogP contribution in [0.4, 0.5) is 0 Å². The summed E-state index contributed by atoms with van der Waals surface area (Å²) in [5, 5.41) is 6.35. The van der Waals surface area contributed by atoms with Gasteiger partial charge < -0.3 is 15.4 Å². The van der Waals surface area contributed by atoms with Gasteiger partial charge in [0.2, 0.25) is 5.91 Å². The van der Waals surface area contributed by atoms with E-state index in [1.165, 1.54) is 0 Å². The topological polar surface area (TPSA) is 50.4 Å². The minimum absolute atomic E-state index is 0.118. The van der Waals surface area contributed by atoms with Crippen molar-refractivity contribution in [2.75, 3.05) is 19.8 Å². The van der Waals surface area contributed by atoms with E-state index in [2.05, 4.69) is 10.6 Å². The summed E-state index contributed by atoms with van der Waals surface area (Å²) in [7, 11) is 0. The summed E-state index contributed by atoms with van der Waals surface area (Å²) in [5.41, 5.74) is -0.129. The zero-order valence-electron chi connectivity index (χ0n) is 10.6. The van der Waals surface area contributed by atoms with Gasteiger partial charge in [-0.1, -0.05) is 0 Å². The first-order valence-electron chi connectivity index (χ1n) is 6.09. The van der Waals surface area contributed by atoms with Gasteiger partial charge in [0.05, 0.1) is 0 Å². The van der Waals surface area contributed by atoms with Gasteiger partial charge in [0, 0.05) is 37.8 Å². The molecule has 0 bridgehead atoms. The Hall–Kier alpha value is -0.610. The molecule has 94 valence electrons. The minimum atomic E-state index is -0.129. The first kappa shape index (κ1) is 13.5. The van der Waals surface area contributed by atoms with Crippen molar-refractivity contribution in [3.05, 3.63) is 0 Å². The predicted molar refractivity (Wildman–Crippen MR) is 64.4 cm³/mol. The molecule has 2 N–H and O–H groups in total. The van der Waals surface area contributed by atoms with Crippen molar-refractivity contribution < 1.29 is 9.53 Å². The Labute approximate surface area is 98.1 Å². The zero-order chi connectivity index (χ0) is 12.0. The highest BCUT2D eigenvalue weighted by Crippen LogP contribution is 2.06. The number of carbonyl (C=O) groups is 1. The Balaban J connectivity index is 2.08. The highest BCUT2D eigenvalue weighted by atomic mass is 16.5. The van der Waals surface area contributed by atoms with Crippen LogP contribution in [0.15, 0.2) is 0 Å². The quantitative estimate of drug-likeness (QED) is 0.756. The molecule has 4 nitrogen and oxygen atoms in total. The molecule has 1 amide bonds. The first-order valence-corrected chi connectivity index (χ1v) is 6.09. The zero-order valence-corrected chi connectivity index (χ0v) is 10.6. The van der Waals surface area contributed by atoms with E-state index in [0.717, 1.165) is 32.6 Å². The van der Waals surface area contributed by atoms with Crippen LogP contribution in [-0.2, 0) is 9.53 Å². The fourth-order valence-electron chi connectivity index (χ4n) is 1.77. The third kappa shape index (κ3) is 6.08. The van der Waals surface area contributed by atoms with E-state index in [0.29, 0.717) is 12.5 Å². The van der Waals surface area contributed by atoms with E-state index in [-0.39, 0.29) is 11.4 Å². The van der Waals surface area contributed by atoms with Gasteiger partial charge in [0.1, 0.15) is 0 Å². The minimum Gasteiger partial charge on any atom is -0.381 e. The van der Waals surface area contributed by atoms with Gasteiger partial charge in [0.25, 0.3) is 0 Å². The summed E-state index contributed by atoms with van der Waals surface area (Å²) in [5.74, 6) is 0.118. The van der Waals surface area contributed by atoms with E-state index in [9.17, 15) is 4.79 Å². The van der Waals surface area contributed by atoms with E-state index in [1.807, 2.05) is 20.8 Å². The molecule has 0 aromatic carbocycles. The van der Waals surface area contributed by atoms with Crippen molar-refractivity contribution in [3.8, 4) is 0 Å². The number of rotatable bonds is 4. The molecule has 0 unspecified atom stereocenters. The maximum absolute atomic E-state index is 11.5. The smallest absolute Gasteiger partial charge is 0.221 e. The fourth-order valence-corrected chi connectivity index (χ4v) is 1.77. The predicted octanol–water partition coefficient (Wildman–Crippen LogP) is 1.06. The molecule has 1 aliphatic rings. The Kier molecular flexibility index (Phi) is 5.22. The average molecular weight is 228 g/mol. The monoisotopic (exact) mass is 228 g/mol. The Morgan fingerprint density at radius 1 is 1.31 bits per heavy atom. The van der Waals surface area contributed by atoms with Crippen molar-refractivity contribution in [1.29, 1.82) is 0 Å². The molecule has 0 aliphatic carbocycles. The molecule has 1 heterocycles. The van der Waals surface area contributed by atoms with Crippen LogP contribution >= 0.6 is 0 Å². The summed E-state index contributed by atoms with van der Waals surface area (Å²) in [6.07, 6.45) is 2.66. The van der Waals surface area contributed by atoms with Crippen molar-refractivity contribution in [2.24, 2.45) is 0 Å². The molecule has 0 aromatic heterocycles. The van der Waals surface area contributed by atoms with Gasteiger partial charge in [-0.25, -0.2) is 0 Å². The molecular formula is C12H24N2O2. The lowest BCUT2D eigenvalue weighted by atomic mass is 10.1. The molecule has 16 heavy (non-hydrogen) atoms. The molecule has 0 saturated carbocycles. The third-order valence-corrected chi connectivity index (χ3v) is 2.52. The second-order valence-electron chi connectivity index (χ2n) is 5.39. The van der Waals surface area contributed by atoms with Crippen molar-refractivity contribution >= 4 is 5.91 Å². The van der Waals surface area contributed by atoms with Crippen LogP contribution in [0, 0.1) is 0 Å². The number of amides is 1. The van der Waals surface area contributed by atoms with Gasteiger partial charge in [-0.2, -0.15) is 0 Å². The van der Waals surface area contributed by atoms with Gasteiger partial charge in [-0.05, 0) is 33.6 Å². The molecule has 0 aromatic rings. The highest BCUT2D eigenvalue weighted by molar-refractivity contribution is 5.76. The van der Waals surface area contributed by atoms with E-state index < -0.39 is 0 Å². The molecule has 0 radical (unpaired) electrons. The van der Waals surface area contributed by atoms with Crippen LogP contribution in [0.2, 0.25) is 0 Å². The molecule has 1 fully saturated rings. The normalized spacial score (nSPS) is 18.4. The summed E-state index contributed by atoms with van der Waals surface area (Å²) in [6.45, 7) is 8.43. The van der Waals surface area contributed by atoms with Crippen LogP contribution in [0.25, 0.3) is 0 Å². The third-order valence-electron chi connectivity index (χ3n) is 2.52. The van der Waals surface area contributed by atoms with Crippen molar-refractivity contribution in [2.45, 2.75) is 51.6 Å². The van der Waals surface area contributed by atoms with E-state index in [1.54, 1.807) is 0 Å². The van der Waals surface area contributed by atoms with Gasteiger partial charge in [-0.3, -0.25) is 4.79 Å². The van der Waals surface area contributed by atoms with E-state index in [4.69, 9.17) is 4.74 Å². The first-order chi connectivity index (χ1) is 7.47. The summed E-state index contributed by atoms with van der Waals surface area (Å²) in [6, 6.07) is 0.524. The number of carbonyl (C=O) groups excluding carboxylic acids is 1. The van der Waals surface area contributed by atoms with Crippen LogP contribution in [0.5, 0.6) is 0 Å². The Morgan fingerprint density at radius 3 is 2.50 bits per heavy atom. The van der Waals surface area contributed by atoms with Crippen LogP contribution in [0.1, 0.15) is 40.0 Å². The second kappa shape index (κ2) is 6.21. The summed E-state index contributed by atoms with van der Waals surface area (Å²) in [4.78, 5) is 11.5. The maximum Gasteiger partial charge on any atom is 0.221 e. The molecule has 4 heteroatoms. The molecule has 1 aliphatic heterocycles. The SMILES string of the molecule is CC(C)(C)NC(=O)CCNC1CCOCC1. The van der Waals surface area contributed by atoms with Crippen LogP contribution < -0.4 is 10.6 Å². The lowest BCUT2D eigenvalue weighted by Gasteiger charge is -2.24. The number of ether oxygens (including phenoxy) is 1. The highest BCUT2D eigenvalue weighted by Gasteiger charge is 2.15. The summed E-state index contributed by atoms with van der Waals surface area (Å²) < 4.78 is 5.27. The lowest BCUT2D eigenvalue weighted by Crippen LogP contribution is -2.42. The largest absolute Gasteiger partial charge is 0.381 e. The van der Waals surface area contributed by atoms with Gasteiger partial charge >= 0.3 is 0 Å². The van der Waals surface area contributed by atoms with Gasteiger partial charge in [0.15, 0.2) is 0 Å². The molecule has 1 saturated heterocycles. The van der Waals surface area contributed by atoms with Crippen LogP contribution in [0.3, 0.4) is 0 Å². The summed E-state index contributed by atoms with van der Waals surface area (Å²) >= 11 is 0.